The minimum absolute atomic E-state index is 0.0360. The quantitative estimate of drug-likeness (QED) is 0.665. The number of hydrogen-bond donors (Lipinski definition) is 1. The Hall–Kier alpha value is -2.60. The molecule has 29 heavy (non-hydrogen) atoms. The minimum atomic E-state index is -0.783. The second kappa shape index (κ2) is 10.8. The monoisotopic (exact) mass is 420 g/mol. The average Bonchev–Trinajstić information content (AvgIpc) is 2.70. The van der Waals surface area contributed by atoms with Crippen LogP contribution in [0.25, 0.3) is 0 Å². The van der Waals surface area contributed by atoms with Crippen LogP contribution in [0.4, 0.5) is 4.39 Å². The van der Waals surface area contributed by atoms with Gasteiger partial charge in [-0.3, -0.25) is 9.59 Å². The molecule has 7 heteroatoms. The van der Waals surface area contributed by atoms with Crippen molar-refractivity contribution in [2.24, 2.45) is 5.92 Å². The molecule has 0 unspecified atom stereocenters. The minimum Gasteiger partial charge on any atom is -0.484 e. The molecule has 0 aliphatic rings. The second-order valence-corrected chi connectivity index (χ2v) is 7.61. The fourth-order valence-corrected chi connectivity index (χ4v) is 2.73. The zero-order valence-corrected chi connectivity index (χ0v) is 17.6. The summed E-state index contributed by atoms with van der Waals surface area (Å²) >= 11 is 5.85. The van der Waals surface area contributed by atoms with Crippen LogP contribution in [-0.4, -0.2) is 35.9 Å². The molecular weight excluding hydrogens is 395 g/mol. The van der Waals surface area contributed by atoms with Crippen LogP contribution in [0.2, 0.25) is 5.02 Å². The van der Waals surface area contributed by atoms with Gasteiger partial charge in [0.2, 0.25) is 5.91 Å². The number of rotatable bonds is 9. The maximum absolute atomic E-state index is 14.1. The maximum atomic E-state index is 14.1. The zero-order valence-electron chi connectivity index (χ0n) is 16.8. The van der Waals surface area contributed by atoms with E-state index in [1.54, 1.807) is 49.4 Å². The first-order valence-electron chi connectivity index (χ1n) is 9.47. The molecule has 0 saturated heterocycles. The van der Waals surface area contributed by atoms with Gasteiger partial charge in [-0.05, 0) is 43.2 Å². The number of ether oxygens (including phenoxy) is 1. The van der Waals surface area contributed by atoms with Gasteiger partial charge in [-0.15, -0.1) is 0 Å². The highest BCUT2D eigenvalue weighted by Gasteiger charge is 2.27. The van der Waals surface area contributed by atoms with Crippen molar-refractivity contribution in [3.8, 4) is 5.75 Å². The summed E-state index contributed by atoms with van der Waals surface area (Å²) in [6, 6.07) is 12.0. The third-order valence-corrected chi connectivity index (χ3v) is 4.58. The summed E-state index contributed by atoms with van der Waals surface area (Å²) in [5.41, 5.74) is 0.329. The van der Waals surface area contributed by atoms with E-state index >= 15 is 0 Å². The van der Waals surface area contributed by atoms with Gasteiger partial charge < -0.3 is 15.0 Å². The molecule has 0 fully saturated rings. The highest BCUT2D eigenvalue weighted by atomic mass is 35.5. The Balaban J connectivity index is 2.13. The average molecular weight is 421 g/mol. The summed E-state index contributed by atoms with van der Waals surface area (Å²) in [4.78, 5) is 26.7. The van der Waals surface area contributed by atoms with Crippen LogP contribution in [0.1, 0.15) is 26.3 Å². The molecule has 2 amide bonds. The number of carbonyl (C=O) groups excluding carboxylic acids is 2. The number of hydrogen-bond acceptors (Lipinski definition) is 3. The lowest BCUT2D eigenvalue weighted by Gasteiger charge is -2.29. The smallest absolute Gasteiger partial charge is 0.261 e. The fourth-order valence-electron chi connectivity index (χ4n) is 2.60. The highest BCUT2D eigenvalue weighted by molar-refractivity contribution is 6.30. The predicted molar refractivity (Wildman–Crippen MR) is 111 cm³/mol. The SMILES string of the molecule is CC(C)CNC(=O)[C@@H](C)N(Cc1ccccc1F)C(=O)COc1ccc(Cl)cc1. The van der Waals surface area contributed by atoms with E-state index in [1.165, 1.54) is 11.0 Å². The number of nitrogens with zero attached hydrogens (tertiary/aromatic N) is 1. The molecular formula is C22H26ClFN2O3. The Morgan fingerprint density at radius 1 is 1.10 bits per heavy atom. The number of benzene rings is 2. The van der Waals surface area contributed by atoms with E-state index in [0.717, 1.165) is 0 Å². The van der Waals surface area contributed by atoms with E-state index in [4.69, 9.17) is 16.3 Å². The van der Waals surface area contributed by atoms with Crippen LogP contribution >= 0.6 is 11.6 Å². The summed E-state index contributed by atoms with van der Waals surface area (Å²) in [6.45, 7) is 5.76. The van der Waals surface area contributed by atoms with Crippen molar-refractivity contribution < 1.29 is 18.7 Å². The Morgan fingerprint density at radius 2 is 1.76 bits per heavy atom. The van der Waals surface area contributed by atoms with E-state index in [1.807, 2.05) is 13.8 Å². The molecule has 2 rings (SSSR count). The molecule has 0 aliphatic heterocycles. The van der Waals surface area contributed by atoms with Crippen molar-refractivity contribution in [1.82, 2.24) is 10.2 Å². The van der Waals surface area contributed by atoms with Crippen LogP contribution in [-0.2, 0) is 16.1 Å². The Morgan fingerprint density at radius 3 is 2.38 bits per heavy atom. The van der Waals surface area contributed by atoms with Crippen molar-refractivity contribution >= 4 is 23.4 Å². The summed E-state index contributed by atoms with van der Waals surface area (Å²) < 4.78 is 19.7. The molecule has 0 saturated carbocycles. The lowest BCUT2D eigenvalue weighted by atomic mass is 10.1. The molecule has 2 aromatic carbocycles. The lowest BCUT2D eigenvalue weighted by molar-refractivity contribution is -0.142. The zero-order chi connectivity index (χ0) is 21.4. The Bertz CT molecular complexity index is 827. The van der Waals surface area contributed by atoms with Crippen LogP contribution in [0.3, 0.4) is 0 Å². The molecule has 1 atom stereocenters. The second-order valence-electron chi connectivity index (χ2n) is 7.17. The largest absolute Gasteiger partial charge is 0.484 e. The van der Waals surface area contributed by atoms with Crippen molar-refractivity contribution in [3.63, 3.8) is 0 Å². The van der Waals surface area contributed by atoms with E-state index in [9.17, 15) is 14.0 Å². The van der Waals surface area contributed by atoms with Gasteiger partial charge in [0.05, 0.1) is 0 Å². The molecule has 0 aliphatic carbocycles. The van der Waals surface area contributed by atoms with Crippen LogP contribution in [0.5, 0.6) is 5.75 Å². The third-order valence-electron chi connectivity index (χ3n) is 4.33. The van der Waals surface area contributed by atoms with Gasteiger partial charge in [0.15, 0.2) is 6.61 Å². The molecule has 0 aromatic heterocycles. The molecule has 0 radical (unpaired) electrons. The van der Waals surface area contributed by atoms with E-state index in [-0.39, 0.29) is 25.0 Å². The topological polar surface area (TPSA) is 58.6 Å². The first kappa shape index (κ1) is 22.7. The molecule has 0 spiro atoms. The van der Waals surface area contributed by atoms with E-state index < -0.39 is 17.8 Å². The molecule has 0 bridgehead atoms. The van der Waals surface area contributed by atoms with Crippen molar-refractivity contribution in [3.05, 3.63) is 64.9 Å². The summed E-state index contributed by atoms with van der Waals surface area (Å²) in [5, 5.41) is 3.37. The normalized spacial score (nSPS) is 11.8. The van der Waals surface area contributed by atoms with Gasteiger partial charge in [0.1, 0.15) is 17.6 Å². The third kappa shape index (κ3) is 7.06. The van der Waals surface area contributed by atoms with Crippen molar-refractivity contribution in [2.75, 3.05) is 13.2 Å². The van der Waals surface area contributed by atoms with Crippen molar-refractivity contribution in [1.29, 1.82) is 0 Å². The first-order chi connectivity index (χ1) is 13.8. The van der Waals surface area contributed by atoms with Crippen molar-refractivity contribution in [2.45, 2.75) is 33.4 Å². The van der Waals surface area contributed by atoms with Gasteiger partial charge in [-0.2, -0.15) is 0 Å². The predicted octanol–water partition coefficient (Wildman–Crippen LogP) is 4.05. The Kier molecular flexibility index (Phi) is 8.46. The standard InChI is InChI=1S/C22H26ClFN2O3/c1-15(2)12-25-22(28)16(3)26(13-17-6-4-5-7-20(17)24)21(27)14-29-19-10-8-18(23)9-11-19/h4-11,15-16H,12-14H2,1-3H3,(H,25,28)/t16-/m1/s1. The molecule has 156 valence electrons. The summed E-state index contributed by atoms with van der Waals surface area (Å²) in [6.07, 6.45) is 0. The molecule has 1 N–H and O–H groups in total. The summed E-state index contributed by atoms with van der Waals surface area (Å²) in [5.74, 6) is -0.399. The molecule has 2 aromatic rings. The number of carbonyl (C=O) groups is 2. The lowest BCUT2D eigenvalue weighted by Crippen LogP contribution is -2.49. The number of nitrogens with one attached hydrogen (secondary N) is 1. The number of amides is 2. The van der Waals surface area contributed by atoms with Gasteiger partial charge in [0.25, 0.3) is 5.91 Å². The summed E-state index contributed by atoms with van der Waals surface area (Å²) in [7, 11) is 0. The maximum Gasteiger partial charge on any atom is 0.261 e. The van der Waals surface area contributed by atoms with Crippen LogP contribution in [0.15, 0.2) is 48.5 Å². The number of halogens is 2. The van der Waals surface area contributed by atoms with Gasteiger partial charge in [-0.1, -0.05) is 43.6 Å². The van der Waals surface area contributed by atoms with Crippen LogP contribution in [0, 0.1) is 11.7 Å². The van der Waals surface area contributed by atoms with Gasteiger partial charge >= 0.3 is 0 Å². The van der Waals surface area contributed by atoms with Gasteiger partial charge in [0, 0.05) is 23.7 Å². The van der Waals surface area contributed by atoms with E-state index in [0.29, 0.717) is 22.9 Å². The van der Waals surface area contributed by atoms with Gasteiger partial charge in [-0.25, -0.2) is 4.39 Å². The van der Waals surface area contributed by atoms with E-state index in [2.05, 4.69) is 5.32 Å². The van der Waals surface area contributed by atoms with Crippen LogP contribution < -0.4 is 10.1 Å². The highest BCUT2D eigenvalue weighted by Crippen LogP contribution is 2.17. The molecule has 0 heterocycles. The first-order valence-corrected chi connectivity index (χ1v) is 9.84. The molecule has 5 nitrogen and oxygen atoms in total. The fraction of sp³-hybridized carbons (Fsp3) is 0.364. The Labute approximate surface area is 175 Å².